The fourth-order valence-corrected chi connectivity index (χ4v) is 4.14. The Kier molecular flexibility index (Phi) is 5.26. The van der Waals surface area contributed by atoms with Crippen molar-refractivity contribution in [3.05, 3.63) is 71.9 Å². The summed E-state index contributed by atoms with van der Waals surface area (Å²) in [6.45, 7) is 2.04. The van der Waals surface area contributed by atoms with E-state index in [1.165, 1.54) is 11.6 Å². The van der Waals surface area contributed by atoms with Crippen LogP contribution in [0.15, 0.2) is 60.8 Å². The molecule has 2 N–H and O–H groups in total. The van der Waals surface area contributed by atoms with Crippen LogP contribution in [0.4, 0.5) is 19.0 Å². The van der Waals surface area contributed by atoms with E-state index in [9.17, 15) is 13.2 Å². The summed E-state index contributed by atoms with van der Waals surface area (Å²) in [6.07, 6.45) is -2.16. The lowest BCUT2D eigenvalue weighted by atomic mass is 10.0. The molecule has 4 aromatic rings. The van der Waals surface area contributed by atoms with Crippen molar-refractivity contribution in [1.29, 1.82) is 0 Å². The van der Waals surface area contributed by atoms with Gasteiger partial charge in [0, 0.05) is 40.1 Å². The summed E-state index contributed by atoms with van der Waals surface area (Å²) in [6, 6.07) is 16.2. The maximum atomic E-state index is 13.8. The lowest BCUT2D eigenvalue weighted by Crippen LogP contribution is -2.52. The molecule has 1 aliphatic rings. The number of aromatic nitrogens is 4. The van der Waals surface area contributed by atoms with Gasteiger partial charge in [-0.05, 0) is 36.2 Å². The van der Waals surface area contributed by atoms with E-state index in [2.05, 4.69) is 37.6 Å². The first-order chi connectivity index (χ1) is 15.5. The molecule has 0 aliphatic carbocycles. The van der Waals surface area contributed by atoms with Gasteiger partial charge in [0.25, 0.3) is 0 Å². The molecule has 1 fully saturated rings. The quantitative estimate of drug-likeness (QED) is 0.485. The third kappa shape index (κ3) is 4.03. The fourth-order valence-electron chi connectivity index (χ4n) is 4.14. The molecule has 168 valence electrons. The van der Waals surface area contributed by atoms with Gasteiger partial charge in [-0.25, -0.2) is 9.97 Å². The van der Waals surface area contributed by atoms with E-state index in [0.29, 0.717) is 29.9 Å². The number of H-pyrrole nitrogens is 1. The number of hydrogen-bond acceptors (Lipinski definition) is 5. The number of piperazine rings is 1. The Hall–Kier alpha value is -3.46. The number of aromatic amines is 1. The molecule has 6 nitrogen and oxygen atoms in total. The number of benzene rings is 1. The van der Waals surface area contributed by atoms with Gasteiger partial charge in [-0.1, -0.05) is 30.3 Å². The van der Waals surface area contributed by atoms with Crippen LogP contribution in [0.5, 0.6) is 0 Å². The first kappa shape index (κ1) is 20.4. The second kappa shape index (κ2) is 8.23. The molecule has 0 radical (unpaired) electrons. The van der Waals surface area contributed by atoms with Gasteiger partial charge >= 0.3 is 6.18 Å². The zero-order chi connectivity index (χ0) is 22.1. The minimum Gasteiger partial charge on any atom is -0.354 e. The van der Waals surface area contributed by atoms with Crippen LogP contribution in [0.3, 0.4) is 0 Å². The fraction of sp³-hybridized carbons (Fsp3) is 0.261. The summed E-state index contributed by atoms with van der Waals surface area (Å²) in [7, 11) is 0. The van der Waals surface area contributed by atoms with Gasteiger partial charge in [0.2, 0.25) is 0 Å². The summed E-state index contributed by atoms with van der Waals surface area (Å²) in [4.78, 5) is 10.6. The molecule has 4 heterocycles. The summed E-state index contributed by atoms with van der Waals surface area (Å²) in [5.41, 5.74) is 0.825. The predicted molar refractivity (Wildman–Crippen MR) is 120 cm³/mol. The Bertz CT molecular complexity index is 1230. The van der Waals surface area contributed by atoms with E-state index < -0.39 is 11.7 Å². The number of nitrogens with one attached hydrogen (secondary N) is 2. The molecule has 1 aromatic carbocycles. The molecule has 0 spiro atoms. The molecular weight excluding hydrogens is 417 g/mol. The molecule has 1 saturated heterocycles. The van der Waals surface area contributed by atoms with E-state index in [-0.39, 0.29) is 20.3 Å². The third-order valence-corrected chi connectivity index (χ3v) is 5.66. The van der Waals surface area contributed by atoms with Crippen LogP contribution in [0.1, 0.15) is 14.0 Å². The van der Waals surface area contributed by atoms with E-state index >= 15 is 0 Å². The molecule has 0 bridgehead atoms. The highest BCUT2D eigenvalue weighted by molar-refractivity contribution is 5.90. The van der Waals surface area contributed by atoms with Crippen LogP contribution < -0.4 is 10.2 Å². The topological polar surface area (TPSA) is 69.7 Å². The molecular formula is C23H25F3N6. The highest BCUT2D eigenvalue weighted by Crippen LogP contribution is 2.38. The Morgan fingerprint density at radius 1 is 1.06 bits per heavy atom. The molecule has 32 heavy (non-hydrogen) atoms. The number of rotatable bonds is 4. The zero-order valence-corrected chi connectivity index (χ0v) is 17.1. The van der Waals surface area contributed by atoms with Gasteiger partial charge in [0.15, 0.2) is 5.65 Å². The van der Waals surface area contributed by atoms with Gasteiger partial charge in [-0.2, -0.15) is 18.3 Å². The number of fused-ring (bicyclic) bond motifs is 1. The van der Waals surface area contributed by atoms with Crippen molar-refractivity contribution < 1.29 is 16.0 Å². The second-order valence-corrected chi connectivity index (χ2v) is 7.82. The molecule has 1 atom stereocenters. The first-order valence-electron chi connectivity index (χ1n) is 10.4. The standard InChI is InChI=1S/C23H21F3N6.2H2/c24-23(25,26)18-8-9-19(29-21(18)20-17-7-4-10-28-22(17)31-30-20)32-12-11-27-16(14-32)13-15-5-2-1-3-6-15;;/h1-10,16,27H,11-14H2,(H,28,30,31);2*1H/t16-;;/m0../s1. The summed E-state index contributed by atoms with van der Waals surface area (Å²) < 4.78 is 41.4. The summed E-state index contributed by atoms with van der Waals surface area (Å²) in [5.74, 6) is 0.513. The molecule has 5 rings (SSSR count). The minimum absolute atomic E-state index is 0. The van der Waals surface area contributed by atoms with Crippen molar-refractivity contribution in [2.24, 2.45) is 0 Å². The minimum atomic E-state index is -4.54. The lowest BCUT2D eigenvalue weighted by molar-refractivity contribution is -0.137. The van der Waals surface area contributed by atoms with E-state index in [4.69, 9.17) is 0 Å². The number of nitrogens with zero attached hydrogens (tertiary/aromatic N) is 4. The largest absolute Gasteiger partial charge is 0.418 e. The molecule has 1 aliphatic heterocycles. The van der Waals surface area contributed by atoms with Crippen molar-refractivity contribution in [3.8, 4) is 11.4 Å². The molecule has 9 heteroatoms. The molecule has 0 amide bonds. The van der Waals surface area contributed by atoms with Crippen LogP contribution in [-0.2, 0) is 12.6 Å². The van der Waals surface area contributed by atoms with Crippen molar-refractivity contribution in [1.82, 2.24) is 25.5 Å². The monoisotopic (exact) mass is 442 g/mol. The highest BCUT2D eigenvalue weighted by Gasteiger charge is 2.36. The van der Waals surface area contributed by atoms with Gasteiger partial charge in [-0.15, -0.1) is 0 Å². The highest BCUT2D eigenvalue weighted by atomic mass is 19.4. The summed E-state index contributed by atoms with van der Waals surface area (Å²) >= 11 is 0. The van der Waals surface area contributed by atoms with Crippen molar-refractivity contribution in [3.63, 3.8) is 0 Å². The maximum Gasteiger partial charge on any atom is 0.418 e. The Balaban J connectivity index is 0.00000162. The van der Waals surface area contributed by atoms with Crippen LogP contribution in [-0.4, -0.2) is 45.8 Å². The second-order valence-electron chi connectivity index (χ2n) is 7.82. The maximum absolute atomic E-state index is 13.8. The Morgan fingerprint density at radius 2 is 1.91 bits per heavy atom. The van der Waals surface area contributed by atoms with Crippen molar-refractivity contribution in [2.45, 2.75) is 18.6 Å². The number of halogens is 3. The number of alkyl halides is 3. The Labute approximate surface area is 185 Å². The molecule has 0 saturated carbocycles. The average Bonchev–Trinajstić information content (AvgIpc) is 3.23. The van der Waals surface area contributed by atoms with Gasteiger partial charge in [0.05, 0.1) is 11.3 Å². The smallest absolute Gasteiger partial charge is 0.354 e. The van der Waals surface area contributed by atoms with Gasteiger partial charge < -0.3 is 10.2 Å². The van der Waals surface area contributed by atoms with E-state index in [0.717, 1.165) is 19.0 Å². The normalized spacial score (nSPS) is 17.1. The molecule has 3 aromatic heterocycles. The Morgan fingerprint density at radius 3 is 2.72 bits per heavy atom. The van der Waals surface area contributed by atoms with Crippen LogP contribution in [0.2, 0.25) is 0 Å². The lowest BCUT2D eigenvalue weighted by Gasteiger charge is -2.35. The number of anilines is 1. The van der Waals surface area contributed by atoms with Crippen LogP contribution in [0, 0.1) is 0 Å². The van der Waals surface area contributed by atoms with Gasteiger partial charge in [-0.3, -0.25) is 5.10 Å². The molecule has 0 unspecified atom stereocenters. The van der Waals surface area contributed by atoms with E-state index in [1.807, 2.05) is 23.1 Å². The predicted octanol–water partition coefficient (Wildman–Crippen LogP) is 4.55. The SMILES string of the molecule is FC(F)(F)c1ccc(N2CCN[C@@H](Cc3ccccc3)C2)nc1-c1[nH]nc2ncccc12.[HH].[HH]. The number of pyridine rings is 2. The van der Waals surface area contributed by atoms with Crippen LogP contribution in [0.25, 0.3) is 22.4 Å². The van der Waals surface area contributed by atoms with Crippen molar-refractivity contribution >= 4 is 16.9 Å². The average molecular weight is 442 g/mol. The zero-order valence-electron chi connectivity index (χ0n) is 17.1. The summed E-state index contributed by atoms with van der Waals surface area (Å²) in [5, 5.41) is 10.8. The first-order valence-corrected chi connectivity index (χ1v) is 10.4. The third-order valence-electron chi connectivity index (χ3n) is 5.66. The van der Waals surface area contributed by atoms with Gasteiger partial charge in [0.1, 0.15) is 11.5 Å². The van der Waals surface area contributed by atoms with E-state index in [1.54, 1.807) is 18.3 Å². The van der Waals surface area contributed by atoms with Crippen molar-refractivity contribution in [2.75, 3.05) is 24.5 Å². The number of hydrogen-bond donors (Lipinski definition) is 2. The van der Waals surface area contributed by atoms with Crippen LogP contribution >= 0.6 is 0 Å².